The normalized spacial score (nSPS) is 13.0. The average molecular weight is 458 g/mol. The minimum absolute atomic E-state index is 0.150. The van der Waals surface area contributed by atoms with Gasteiger partial charge in [-0.25, -0.2) is 0 Å². The molecule has 0 aliphatic carbocycles. The highest BCUT2D eigenvalue weighted by Gasteiger charge is 2.32. The lowest BCUT2D eigenvalue weighted by molar-refractivity contribution is 0.0962. The molecule has 3 nitrogen and oxygen atoms in total. The summed E-state index contributed by atoms with van der Waals surface area (Å²) in [5.41, 5.74) is 3.69. The summed E-state index contributed by atoms with van der Waals surface area (Å²) < 4.78 is 6.16. The molecule has 0 N–H and O–H groups in total. The van der Waals surface area contributed by atoms with Gasteiger partial charge in [-0.2, -0.15) is 0 Å². The Kier molecular flexibility index (Phi) is 9.47. The van der Waals surface area contributed by atoms with E-state index in [0.717, 1.165) is 47.6 Å². The Morgan fingerprint density at radius 2 is 1.56 bits per heavy atom. The van der Waals surface area contributed by atoms with E-state index in [4.69, 9.17) is 4.74 Å². The molecule has 3 aromatic carbocycles. The van der Waals surface area contributed by atoms with Gasteiger partial charge in [0.15, 0.2) is 5.78 Å². The van der Waals surface area contributed by atoms with Crippen molar-refractivity contribution < 1.29 is 9.53 Å². The van der Waals surface area contributed by atoms with Gasteiger partial charge in [0.2, 0.25) is 0 Å². The molecule has 3 aromatic rings. The smallest absolute Gasteiger partial charge is 0.164 e. The molecular formula is C31H39NO2. The topological polar surface area (TPSA) is 29.5 Å². The van der Waals surface area contributed by atoms with E-state index in [9.17, 15) is 4.79 Å². The molecule has 3 rings (SSSR count). The first-order chi connectivity index (χ1) is 16.5. The number of hydrogen-bond acceptors (Lipinski definition) is 3. The molecule has 180 valence electrons. The zero-order valence-corrected chi connectivity index (χ0v) is 21.2. The SMILES string of the molecule is CCCCN(CC)CCOc1ccc(C(C)(CC(=O)c2ccccc2)c2ccccc2)cc1C. The first kappa shape index (κ1) is 25.7. The highest BCUT2D eigenvalue weighted by Crippen LogP contribution is 2.38. The van der Waals surface area contributed by atoms with Gasteiger partial charge in [0, 0.05) is 23.9 Å². The Morgan fingerprint density at radius 3 is 2.18 bits per heavy atom. The Balaban J connectivity index is 1.80. The maximum Gasteiger partial charge on any atom is 0.164 e. The summed E-state index contributed by atoms with van der Waals surface area (Å²) in [5, 5.41) is 0. The molecule has 0 heterocycles. The van der Waals surface area contributed by atoms with Gasteiger partial charge in [0.25, 0.3) is 0 Å². The van der Waals surface area contributed by atoms with Crippen molar-refractivity contribution >= 4 is 5.78 Å². The molecule has 0 saturated heterocycles. The Hall–Kier alpha value is -2.91. The first-order valence-corrected chi connectivity index (χ1v) is 12.6. The molecule has 0 bridgehead atoms. The highest BCUT2D eigenvalue weighted by atomic mass is 16.5. The Labute approximate surface area is 205 Å². The van der Waals surface area contributed by atoms with Crippen LogP contribution in [0.1, 0.15) is 67.1 Å². The third-order valence-electron chi connectivity index (χ3n) is 6.77. The molecule has 0 radical (unpaired) electrons. The van der Waals surface area contributed by atoms with Crippen LogP contribution in [0.4, 0.5) is 0 Å². The summed E-state index contributed by atoms with van der Waals surface area (Å²) in [6, 6.07) is 26.3. The van der Waals surface area contributed by atoms with Gasteiger partial charge in [-0.05, 0) is 49.2 Å². The van der Waals surface area contributed by atoms with Crippen LogP contribution in [-0.2, 0) is 5.41 Å². The van der Waals surface area contributed by atoms with Gasteiger partial charge in [0.05, 0.1) is 0 Å². The van der Waals surface area contributed by atoms with E-state index in [0.29, 0.717) is 13.0 Å². The van der Waals surface area contributed by atoms with E-state index in [1.54, 1.807) is 0 Å². The first-order valence-electron chi connectivity index (χ1n) is 12.6. The highest BCUT2D eigenvalue weighted by molar-refractivity contribution is 5.97. The Morgan fingerprint density at radius 1 is 0.882 bits per heavy atom. The van der Waals surface area contributed by atoms with E-state index < -0.39 is 5.41 Å². The summed E-state index contributed by atoms with van der Waals surface area (Å²) in [7, 11) is 0. The van der Waals surface area contributed by atoms with Gasteiger partial charge in [-0.1, -0.05) is 100.0 Å². The number of carbonyl (C=O) groups is 1. The van der Waals surface area contributed by atoms with Crippen LogP contribution in [0.5, 0.6) is 5.75 Å². The zero-order valence-electron chi connectivity index (χ0n) is 21.2. The van der Waals surface area contributed by atoms with E-state index in [2.05, 4.69) is 62.9 Å². The molecule has 0 saturated carbocycles. The quantitative estimate of drug-likeness (QED) is 0.257. The van der Waals surface area contributed by atoms with Crippen LogP contribution in [0.3, 0.4) is 0 Å². The van der Waals surface area contributed by atoms with Gasteiger partial charge >= 0.3 is 0 Å². The van der Waals surface area contributed by atoms with Crippen LogP contribution in [0.25, 0.3) is 0 Å². The second-order valence-corrected chi connectivity index (χ2v) is 9.28. The number of ketones is 1. The van der Waals surface area contributed by atoms with Crippen molar-refractivity contribution in [1.29, 1.82) is 0 Å². The van der Waals surface area contributed by atoms with Crippen molar-refractivity contribution in [3.05, 3.63) is 101 Å². The lowest BCUT2D eigenvalue weighted by Gasteiger charge is -2.31. The third kappa shape index (κ3) is 6.57. The van der Waals surface area contributed by atoms with Gasteiger partial charge < -0.3 is 9.64 Å². The molecule has 0 aliphatic heterocycles. The summed E-state index contributed by atoms with van der Waals surface area (Å²) in [6.07, 6.45) is 2.84. The molecule has 0 amide bonds. The molecule has 34 heavy (non-hydrogen) atoms. The maximum absolute atomic E-state index is 13.2. The molecule has 1 atom stereocenters. The number of carbonyl (C=O) groups excluding carboxylic acids is 1. The van der Waals surface area contributed by atoms with Crippen LogP contribution < -0.4 is 4.74 Å². The standard InChI is InChI=1S/C31H39NO2/c1-5-7-20-32(6-2)21-22-34-30-19-18-28(23-25(30)3)31(4,27-16-12-9-13-17-27)24-29(33)26-14-10-8-11-15-26/h8-19,23H,5-7,20-22,24H2,1-4H3. The van der Waals surface area contributed by atoms with Crippen LogP contribution in [-0.4, -0.2) is 36.9 Å². The summed E-state index contributed by atoms with van der Waals surface area (Å²) in [6.45, 7) is 12.5. The predicted octanol–water partition coefficient (Wildman–Crippen LogP) is 7.07. The number of rotatable bonds is 13. The van der Waals surface area contributed by atoms with Crippen molar-refractivity contribution in [2.24, 2.45) is 0 Å². The molecule has 0 aromatic heterocycles. The fraction of sp³-hybridized carbons (Fsp3) is 0.387. The number of hydrogen-bond donors (Lipinski definition) is 0. The monoisotopic (exact) mass is 457 g/mol. The van der Waals surface area contributed by atoms with E-state index >= 15 is 0 Å². The van der Waals surface area contributed by atoms with Crippen LogP contribution in [0.2, 0.25) is 0 Å². The van der Waals surface area contributed by atoms with Crippen LogP contribution >= 0.6 is 0 Å². The summed E-state index contributed by atoms with van der Waals surface area (Å²) >= 11 is 0. The van der Waals surface area contributed by atoms with E-state index in [1.807, 2.05) is 48.5 Å². The second kappa shape index (κ2) is 12.5. The van der Waals surface area contributed by atoms with Crippen molar-refractivity contribution in [3.63, 3.8) is 0 Å². The lowest BCUT2D eigenvalue weighted by Crippen LogP contribution is -2.29. The molecule has 0 aliphatic rings. The molecule has 0 spiro atoms. The third-order valence-corrected chi connectivity index (χ3v) is 6.77. The second-order valence-electron chi connectivity index (χ2n) is 9.28. The van der Waals surface area contributed by atoms with E-state index in [1.165, 1.54) is 12.8 Å². The van der Waals surface area contributed by atoms with Gasteiger partial charge in [0.1, 0.15) is 12.4 Å². The Bertz CT molecular complexity index is 1030. The number of likely N-dealkylation sites (N-methyl/N-ethyl adjacent to an activating group) is 1. The number of unbranched alkanes of at least 4 members (excludes halogenated alkanes) is 1. The van der Waals surface area contributed by atoms with Crippen LogP contribution in [0.15, 0.2) is 78.9 Å². The molecule has 1 unspecified atom stereocenters. The largest absolute Gasteiger partial charge is 0.492 e. The number of aryl methyl sites for hydroxylation is 1. The van der Waals surface area contributed by atoms with Crippen molar-refractivity contribution in [1.82, 2.24) is 4.90 Å². The van der Waals surface area contributed by atoms with Gasteiger partial charge in [-0.3, -0.25) is 4.79 Å². The fourth-order valence-electron chi connectivity index (χ4n) is 4.47. The average Bonchev–Trinajstić information content (AvgIpc) is 2.87. The minimum atomic E-state index is -0.434. The predicted molar refractivity (Wildman–Crippen MR) is 142 cm³/mol. The number of nitrogens with zero attached hydrogens (tertiary/aromatic N) is 1. The number of benzene rings is 3. The van der Waals surface area contributed by atoms with Crippen molar-refractivity contribution in [2.45, 2.75) is 52.4 Å². The van der Waals surface area contributed by atoms with Crippen molar-refractivity contribution in [2.75, 3.05) is 26.2 Å². The fourth-order valence-corrected chi connectivity index (χ4v) is 4.47. The van der Waals surface area contributed by atoms with Gasteiger partial charge in [-0.15, -0.1) is 0 Å². The summed E-state index contributed by atoms with van der Waals surface area (Å²) in [4.78, 5) is 15.7. The van der Waals surface area contributed by atoms with Crippen molar-refractivity contribution in [3.8, 4) is 5.75 Å². The molecule has 0 fully saturated rings. The maximum atomic E-state index is 13.2. The molecular weight excluding hydrogens is 418 g/mol. The number of ether oxygens (including phenoxy) is 1. The van der Waals surface area contributed by atoms with E-state index in [-0.39, 0.29) is 5.78 Å². The minimum Gasteiger partial charge on any atom is -0.492 e. The van der Waals surface area contributed by atoms with Crippen LogP contribution in [0, 0.1) is 6.92 Å². The lowest BCUT2D eigenvalue weighted by atomic mass is 9.72. The zero-order chi connectivity index (χ0) is 24.4. The summed E-state index contributed by atoms with van der Waals surface area (Å²) in [5.74, 6) is 1.07. The number of Topliss-reactive ketones (excluding diaryl/α,β-unsaturated/α-hetero) is 1. The molecule has 3 heteroatoms.